The molecule has 4 nitrogen and oxygen atoms in total. The van der Waals surface area contributed by atoms with E-state index < -0.39 is 9.84 Å². The van der Waals surface area contributed by atoms with Crippen LogP contribution in [0.15, 0.2) is 29.2 Å². The van der Waals surface area contributed by atoms with E-state index in [2.05, 4.69) is 11.8 Å². The molecule has 1 unspecified atom stereocenters. The van der Waals surface area contributed by atoms with E-state index in [9.17, 15) is 8.42 Å². The zero-order chi connectivity index (χ0) is 15.2. The summed E-state index contributed by atoms with van der Waals surface area (Å²) in [5.41, 5.74) is 6.47. The summed E-state index contributed by atoms with van der Waals surface area (Å²) in [7, 11) is -3.21. The highest BCUT2D eigenvalue weighted by Crippen LogP contribution is 2.27. The van der Waals surface area contributed by atoms with Gasteiger partial charge in [0.15, 0.2) is 9.84 Å². The molecule has 0 saturated carbocycles. The van der Waals surface area contributed by atoms with Gasteiger partial charge in [0.1, 0.15) is 0 Å². The molecule has 1 aromatic carbocycles. The molecule has 114 valence electrons. The number of nitrogens with zero attached hydrogens (tertiary/aromatic N) is 1. The van der Waals surface area contributed by atoms with Gasteiger partial charge < -0.3 is 10.6 Å². The van der Waals surface area contributed by atoms with E-state index in [0.29, 0.717) is 23.8 Å². The van der Waals surface area contributed by atoms with Crippen LogP contribution in [0.2, 0.25) is 0 Å². The van der Waals surface area contributed by atoms with E-state index in [1.807, 2.05) is 26.0 Å². The predicted molar refractivity (Wildman–Crippen MR) is 84.9 cm³/mol. The molecule has 0 aliphatic rings. The molecule has 0 heterocycles. The Balaban J connectivity index is 3.17. The van der Waals surface area contributed by atoms with Crippen LogP contribution in [-0.2, 0) is 9.84 Å². The number of sulfone groups is 1. The molecule has 0 fully saturated rings. The van der Waals surface area contributed by atoms with Crippen molar-refractivity contribution in [2.75, 3.05) is 30.3 Å². The molecule has 1 atom stereocenters. The number of hydrogen-bond donors (Lipinski definition) is 1. The topological polar surface area (TPSA) is 63.4 Å². The molecule has 1 rings (SSSR count). The van der Waals surface area contributed by atoms with Crippen LogP contribution in [0.1, 0.15) is 27.2 Å². The van der Waals surface area contributed by atoms with Crippen LogP contribution in [0.3, 0.4) is 0 Å². The second-order valence-corrected chi connectivity index (χ2v) is 7.24. The Morgan fingerprint density at radius 3 is 2.45 bits per heavy atom. The highest BCUT2D eigenvalue weighted by atomic mass is 32.2. The molecule has 0 aromatic heterocycles. The summed E-state index contributed by atoms with van der Waals surface area (Å²) in [5.74, 6) is 0.519. The fourth-order valence-corrected chi connectivity index (χ4v) is 3.77. The van der Waals surface area contributed by atoms with E-state index in [1.54, 1.807) is 12.1 Å². The van der Waals surface area contributed by atoms with Gasteiger partial charge in [-0.2, -0.15) is 0 Å². The Morgan fingerprint density at radius 1 is 1.25 bits per heavy atom. The molecule has 1 aromatic rings. The third-order valence-electron chi connectivity index (χ3n) is 3.33. The summed E-state index contributed by atoms with van der Waals surface area (Å²) in [5, 5.41) is 0. The van der Waals surface area contributed by atoms with E-state index in [-0.39, 0.29) is 5.75 Å². The Hall–Kier alpha value is -1.07. The van der Waals surface area contributed by atoms with Crippen molar-refractivity contribution in [3.05, 3.63) is 24.3 Å². The monoisotopic (exact) mass is 298 g/mol. The van der Waals surface area contributed by atoms with Crippen molar-refractivity contribution in [3.8, 4) is 0 Å². The Bertz CT molecular complexity index is 514. The Morgan fingerprint density at radius 2 is 1.90 bits per heavy atom. The minimum Gasteiger partial charge on any atom is -0.370 e. The predicted octanol–water partition coefficient (Wildman–Crippen LogP) is 2.29. The van der Waals surface area contributed by atoms with Gasteiger partial charge in [-0.05, 0) is 37.9 Å². The maximum Gasteiger partial charge on any atom is 0.180 e. The highest BCUT2D eigenvalue weighted by molar-refractivity contribution is 7.91. The molecule has 0 spiro atoms. The highest BCUT2D eigenvalue weighted by Gasteiger charge is 2.21. The quantitative estimate of drug-likeness (QED) is 0.800. The molecule has 0 amide bonds. The first kappa shape index (κ1) is 17.0. The Labute approximate surface area is 122 Å². The number of nitrogens with two attached hydrogens (primary N) is 1. The van der Waals surface area contributed by atoms with Crippen molar-refractivity contribution in [1.82, 2.24) is 0 Å². The van der Waals surface area contributed by atoms with Gasteiger partial charge in [-0.1, -0.05) is 26.0 Å². The van der Waals surface area contributed by atoms with Gasteiger partial charge >= 0.3 is 0 Å². The van der Waals surface area contributed by atoms with Crippen molar-refractivity contribution < 1.29 is 8.42 Å². The van der Waals surface area contributed by atoms with Crippen LogP contribution in [0.25, 0.3) is 0 Å². The number of anilines is 1. The molecule has 20 heavy (non-hydrogen) atoms. The maximum absolute atomic E-state index is 12.4. The van der Waals surface area contributed by atoms with E-state index in [1.165, 1.54) is 0 Å². The van der Waals surface area contributed by atoms with Crippen molar-refractivity contribution in [2.45, 2.75) is 32.1 Å². The zero-order valence-corrected chi connectivity index (χ0v) is 13.5. The zero-order valence-electron chi connectivity index (χ0n) is 12.7. The molecule has 2 N–H and O–H groups in total. The second kappa shape index (κ2) is 7.64. The van der Waals surface area contributed by atoms with Gasteiger partial charge in [-0.25, -0.2) is 8.42 Å². The average molecular weight is 298 g/mol. The minimum atomic E-state index is -3.21. The standard InChI is InChI=1S/C15H26N2O2S/c1-4-10-20(18,19)15-9-7-6-8-14(15)17(5-2)12-13(3)11-16/h6-9,13H,4-5,10-12,16H2,1-3H3. The second-order valence-electron chi connectivity index (χ2n) is 5.17. The fourth-order valence-electron chi connectivity index (χ4n) is 2.21. The van der Waals surface area contributed by atoms with Crippen molar-refractivity contribution >= 4 is 15.5 Å². The molecule has 0 aliphatic carbocycles. The lowest BCUT2D eigenvalue weighted by atomic mass is 10.1. The van der Waals surface area contributed by atoms with Gasteiger partial charge in [0, 0.05) is 13.1 Å². The normalized spacial score (nSPS) is 13.2. The van der Waals surface area contributed by atoms with E-state index >= 15 is 0 Å². The summed E-state index contributed by atoms with van der Waals surface area (Å²) < 4.78 is 24.8. The lowest BCUT2D eigenvalue weighted by molar-refractivity contribution is 0.571. The lowest BCUT2D eigenvalue weighted by Gasteiger charge is -2.28. The molecular formula is C15H26N2O2S. The van der Waals surface area contributed by atoms with Crippen LogP contribution in [-0.4, -0.2) is 33.8 Å². The van der Waals surface area contributed by atoms with Crippen LogP contribution in [0.5, 0.6) is 0 Å². The third-order valence-corrected chi connectivity index (χ3v) is 5.29. The van der Waals surface area contributed by atoms with Crippen LogP contribution >= 0.6 is 0 Å². The molecule has 5 heteroatoms. The number of para-hydroxylation sites is 1. The van der Waals surface area contributed by atoms with Gasteiger partial charge in [-0.15, -0.1) is 0 Å². The fraction of sp³-hybridized carbons (Fsp3) is 0.600. The van der Waals surface area contributed by atoms with Crippen LogP contribution in [0.4, 0.5) is 5.69 Å². The van der Waals surface area contributed by atoms with Gasteiger partial charge in [-0.3, -0.25) is 0 Å². The molecule has 0 aliphatic heterocycles. The number of rotatable bonds is 8. The first-order valence-electron chi connectivity index (χ1n) is 7.23. The first-order valence-corrected chi connectivity index (χ1v) is 8.88. The Kier molecular flexibility index (Phi) is 6.49. The largest absolute Gasteiger partial charge is 0.370 e. The summed E-state index contributed by atoms with van der Waals surface area (Å²) >= 11 is 0. The molecule has 0 bridgehead atoms. The van der Waals surface area contributed by atoms with E-state index in [4.69, 9.17) is 5.73 Å². The molecular weight excluding hydrogens is 272 g/mol. The van der Waals surface area contributed by atoms with Crippen LogP contribution < -0.4 is 10.6 Å². The number of benzene rings is 1. The summed E-state index contributed by atoms with van der Waals surface area (Å²) in [6, 6.07) is 7.26. The third kappa shape index (κ3) is 4.21. The maximum atomic E-state index is 12.4. The van der Waals surface area contributed by atoms with E-state index in [0.717, 1.165) is 18.8 Å². The SMILES string of the molecule is CCCS(=O)(=O)c1ccccc1N(CC)CC(C)CN. The first-order chi connectivity index (χ1) is 9.46. The lowest BCUT2D eigenvalue weighted by Crippen LogP contribution is -2.32. The minimum absolute atomic E-state index is 0.189. The van der Waals surface area contributed by atoms with Gasteiger partial charge in [0.25, 0.3) is 0 Å². The average Bonchev–Trinajstić information content (AvgIpc) is 2.44. The van der Waals surface area contributed by atoms with Gasteiger partial charge in [0.05, 0.1) is 16.3 Å². The number of hydrogen-bond acceptors (Lipinski definition) is 4. The summed E-state index contributed by atoms with van der Waals surface area (Å²) in [6.45, 7) is 8.13. The van der Waals surface area contributed by atoms with Crippen molar-refractivity contribution in [2.24, 2.45) is 11.7 Å². The summed E-state index contributed by atoms with van der Waals surface area (Å²) in [4.78, 5) is 2.54. The molecule has 0 radical (unpaired) electrons. The van der Waals surface area contributed by atoms with Crippen LogP contribution in [0, 0.1) is 5.92 Å². The van der Waals surface area contributed by atoms with Crippen molar-refractivity contribution in [1.29, 1.82) is 0 Å². The van der Waals surface area contributed by atoms with Gasteiger partial charge in [0.2, 0.25) is 0 Å². The summed E-state index contributed by atoms with van der Waals surface area (Å²) in [6.07, 6.45) is 0.627. The van der Waals surface area contributed by atoms with Crippen molar-refractivity contribution in [3.63, 3.8) is 0 Å². The smallest absolute Gasteiger partial charge is 0.180 e. The molecule has 0 saturated heterocycles.